The number of benzene rings is 2. The van der Waals surface area contributed by atoms with Crippen molar-refractivity contribution in [2.24, 2.45) is 0 Å². The molecule has 3 rings (SSSR count). The summed E-state index contributed by atoms with van der Waals surface area (Å²) in [7, 11) is 0. The lowest BCUT2D eigenvalue weighted by Crippen LogP contribution is -2.03. The van der Waals surface area contributed by atoms with Gasteiger partial charge in [-0.3, -0.25) is 0 Å². The van der Waals surface area contributed by atoms with Crippen LogP contribution in [0.4, 0.5) is 13.2 Å². The van der Waals surface area contributed by atoms with E-state index in [0.29, 0.717) is 11.3 Å². The van der Waals surface area contributed by atoms with Crippen LogP contribution in [0.15, 0.2) is 47.0 Å². The summed E-state index contributed by atoms with van der Waals surface area (Å²) in [4.78, 5) is 0. The molecule has 0 atom stereocenters. The van der Waals surface area contributed by atoms with Crippen molar-refractivity contribution in [2.45, 2.75) is 13.1 Å². The van der Waals surface area contributed by atoms with Crippen molar-refractivity contribution >= 4 is 10.9 Å². The van der Waals surface area contributed by atoms with Crippen LogP contribution in [0.2, 0.25) is 0 Å². The number of alkyl halides is 3. The van der Waals surface area contributed by atoms with Gasteiger partial charge in [-0.25, -0.2) is 0 Å². The maximum Gasteiger partial charge on any atom is 0.416 e. The topological polar surface area (TPSA) is 26.0 Å². The summed E-state index contributed by atoms with van der Waals surface area (Å²) in [6.07, 6.45) is -4.33. The summed E-state index contributed by atoms with van der Waals surface area (Å²) in [5.41, 5.74) is 1.58. The molecule has 0 unspecified atom stereocenters. The van der Waals surface area contributed by atoms with E-state index in [1.165, 1.54) is 12.1 Å². The Labute approximate surface area is 112 Å². The van der Waals surface area contributed by atoms with Gasteiger partial charge in [0.15, 0.2) is 5.76 Å². The van der Waals surface area contributed by atoms with Crippen LogP contribution in [0.3, 0.4) is 0 Å². The molecule has 0 saturated carbocycles. The first-order valence-corrected chi connectivity index (χ1v) is 5.99. The Morgan fingerprint density at radius 1 is 1.00 bits per heavy atom. The number of nitrogens with zero attached hydrogens (tertiary/aromatic N) is 1. The lowest BCUT2D eigenvalue weighted by atomic mass is 10.0. The van der Waals surface area contributed by atoms with Crippen LogP contribution in [-0.4, -0.2) is 5.16 Å². The minimum absolute atomic E-state index is 0.484. The fraction of sp³-hybridized carbons (Fsp3) is 0.133. The second-order valence-electron chi connectivity index (χ2n) is 4.56. The van der Waals surface area contributed by atoms with Crippen molar-refractivity contribution in [1.29, 1.82) is 0 Å². The lowest BCUT2D eigenvalue weighted by molar-refractivity contribution is -0.137. The van der Waals surface area contributed by atoms with Crippen molar-refractivity contribution in [3.63, 3.8) is 0 Å². The standard InChI is InChI=1S/C15H10F3NO/c1-9-3-2-4-12-13(9)19-20-14(12)10-5-7-11(8-6-10)15(16,17)18/h2-8H,1H3. The van der Waals surface area contributed by atoms with Crippen LogP contribution in [0.1, 0.15) is 11.1 Å². The Balaban J connectivity index is 2.10. The Hall–Kier alpha value is -2.30. The molecular formula is C15H10F3NO. The fourth-order valence-corrected chi connectivity index (χ4v) is 2.12. The Morgan fingerprint density at radius 2 is 1.70 bits per heavy atom. The van der Waals surface area contributed by atoms with Crippen molar-refractivity contribution < 1.29 is 17.7 Å². The van der Waals surface area contributed by atoms with Crippen molar-refractivity contribution in [2.75, 3.05) is 0 Å². The van der Waals surface area contributed by atoms with E-state index in [1.54, 1.807) is 0 Å². The summed E-state index contributed by atoms with van der Waals surface area (Å²) in [6.45, 7) is 1.90. The third-order valence-electron chi connectivity index (χ3n) is 3.19. The van der Waals surface area contributed by atoms with Gasteiger partial charge in [-0.15, -0.1) is 0 Å². The Kier molecular flexibility index (Phi) is 2.78. The average molecular weight is 277 g/mol. The molecule has 0 saturated heterocycles. The zero-order valence-electron chi connectivity index (χ0n) is 10.5. The monoisotopic (exact) mass is 277 g/mol. The van der Waals surface area contributed by atoms with Crippen molar-refractivity contribution in [3.8, 4) is 11.3 Å². The molecule has 20 heavy (non-hydrogen) atoms. The van der Waals surface area contributed by atoms with E-state index in [2.05, 4.69) is 5.16 Å². The predicted octanol–water partition coefficient (Wildman–Crippen LogP) is 4.82. The minimum Gasteiger partial charge on any atom is -0.355 e. The summed E-state index contributed by atoms with van der Waals surface area (Å²) >= 11 is 0. The van der Waals surface area contributed by atoms with Crippen LogP contribution in [0, 0.1) is 6.92 Å². The van der Waals surface area contributed by atoms with Gasteiger partial charge in [0.1, 0.15) is 5.52 Å². The van der Waals surface area contributed by atoms with Gasteiger partial charge in [0.05, 0.1) is 5.56 Å². The number of hydrogen-bond donors (Lipinski definition) is 0. The first-order chi connectivity index (χ1) is 9.47. The molecule has 0 spiro atoms. The van der Waals surface area contributed by atoms with Gasteiger partial charge >= 0.3 is 6.18 Å². The normalized spacial score (nSPS) is 12.0. The predicted molar refractivity (Wildman–Crippen MR) is 69.2 cm³/mol. The quantitative estimate of drug-likeness (QED) is 0.637. The third-order valence-corrected chi connectivity index (χ3v) is 3.19. The van der Waals surface area contributed by atoms with Gasteiger partial charge in [0.25, 0.3) is 0 Å². The molecule has 0 bridgehead atoms. The highest BCUT2D eigenvalue weighted by atomic mass is 19.4. The molecule has 0 aliphatic heterocycles. The molecule has 5 heteroatoms. The summed E-state index contributed by atoms with van der Waals surface area (Å²) in [5.74, 6) is 0.484. The molecule has 3 aromatic rings. The number of rotatable bonds is 1. The number of fused-ring (bicyclic) bond motifs is 1. The molecule has 0 fully saturated rings. The van der Waals surface area contributed by atoms with Gasteiger partial charge in [0.2, 0.25) is 0 Å². The molecule has 1 aromatic heterocycles. The van der Waals surface area contributed by atoms with Crippen LogP contribution in [0.5, 0.6) is 0 Å². The van der Waals surface area contributed by atoms with E-state index in [0.717, 1.165) is 28.6 Å². The maximum absolute atomic E-state index is 12.5. The second kappa shape index (κ2) is 4.37. The van der Waals surface area contributed by atoms with Gasteiger partial charge in [-0.05, 0) is 30.7 Å². The number of aryl methyl sites for hydroxylation is 1. The van der Waals surface area contributed by atoms with Crippen LogP contribution in [0.25, 0.3) is 22.2 Å². The first-order valence-electron chi connectivity index (χ1n) is 5.99. The Bertz CT molecular complexity index is 757. The smallest absolute Gasteiger partial charge is 0.355 e. The summed E-state index contributed by atoms with van der Waals surface area (Å²) in [5, 5.41) is 4.76. The van der Waals surface area contributed by atoms with Crippen LogP contribution >= 0.6 is 0 Å². The fourth-order valence-electron chi connectivity index (χ4n) is 2.12. The summed E-state index contributed by atoms with van der Waals surface area (Å²) < 4.78 is 42.9. The Morgan fingerprint density at radius 3 is 2.35 bits per heavy atom. The zero-order chi connectivity index (χ0) is 14.3. The minimum atomic E-state index is -4.33. The first kappa shape index (κ1) is 12.7. The third kappa shape index (κ3) is 2.05. The highest BCUT2D eigenvalue weighted by molar-refractivity contribution is 5.93. The molecule has 0 radical (unpaired) electrons. The maximum atomic E-state index is 12.5. The van der Waals surface area contributed by atoms with Gasteiger partial charge in [0, 0.05) is 10.9 Å². The molecular weight excluding hydrogens is 267 g/mol. The van der Waals surface area contributed by atoms with E-state index in [-0.39, 0.29) is 0 Å². The number of aromatic nitrogens is 1. The van der Waals surface area contributed by atoms with Crippen molar-refractivity contribution in [3.05, 3.63) is 53.6 Å². The lowest BCUT2D eigenvalue weighted by Gasteiger charge is -2.06. The second-order valence-corrected chi connectivity index (χ2v) is 4.56. The van der Waals surface area contributed by atoms with Crippen LogP contribution < -0.4 is 0 Å². The van der Waals surface area contributed by atoms with E-state index < -0.39 is 11.7 Å². The highest BCUT2D eigenvalue weighted by Crippen LogP contribution is 2.33. The highest BCUT2D eigenvalue weighted by Gasteiger charge is 2.30. The molecule has 0 aliphatic rings. The summed E-state index contributed by atoms with van der Waals surface area (Å²) in [6, 6.07) is 10.5. The zero-order valence-corrected chi connectivity index (χ0v) is 10.5. The van der Waals surface area contributed by atoms with Gasteiger partial charge < -0.3 is 4.52 Å². The SMILES string of the molecule is Cc1cccc2c(-c3ccc(C(F)(F)F)cc3)onc12. The largest absolute Gasteiger partial charge is 0.416 e. The number of hydrogen-bond acceptors (Lipinski definition) is 2. The van der Waals surface area contributed by atoms with Gasteiger partial charge in [-0.1, -0.05) is 29.4 Å². The molecule has 0 N–H and O–H groups in total. The van der Waals surface area contributed by atoms with Gasteiger partial charge in [-0.2, -0.15) is 13.2 Å². The van der Waals surface area contributed by atoms with E-state index in [4.69, 9.17) is 4.52 Å². The van der Waals surface area contributed by atoms with E-state index >= 15 is 0 Å². The molecule has 102 valence electrons. The van der Waals surface area contributed by atoms with Crippen LogP contribution in [-0.2, 0) is 6.18 Å². The molecule has 1 heterocycles. The average Bonchev–Trinajstić information content (AvgIpc) is 2.83. The van der Waals surface area contributed by atoms with Crippen molar-refractivity contribution in [1.82, 2.24) is 5.16 Å². The van der Waals surface area contributed by atoms with E-state index in [9.17, 15) is 13.2 Å². The molecule has 0 aliphatic carbocycles. The molecule has 0 amide bonds. The molecule has 2 nitrogen and oxygen atoms in total. The molecule has 2 aromatic carbocycles. The van der Waals surface area contributed by atoms with E-state index in [1.807, 2.05) is 25.1 Å². The number of halogens is 3.